The molecule has 1 aliphatic rings. The van der Waals surface area contributed by atoms with Crippen molar-refractivity contribution in [2.75, 3.05) is 0 Å². The number of halogens is 3. The molecular formula is C16H13F3O. The predicted octanol–water partition coefficient (Wildman–Crippen LogP) is 4.27. The number of hydrogen-bond donors (Lipinski definition) is 1. The van der Waals surface area contributed by atoms with Gasteiger partial charge in [-0.25, -0.2) is 0 Å². The zero-order valence-electron chi connectivity index (χ0n) is 10.6. The molecule has 2 atom stereocenters. The van der Waals surface area contributed by atoms with Crippen LogP contribution in [0.4, 0.5) is 13.2 Å². The molecule has 1 nitrogen and oxygen atoms in total. The summed E-state index contributed by atoms with van der Waals surface area (Å²) in [6, 6.07) is 12.7. The summed E-state index contributed by atoms with van der Waals surface area (Å²) in [4.78, 5) is 0. The molecule has 4 heteroatoms. The maximum Gasteiger partial charge on any atom is 0.416 e. The third kappa shape index (κ3) is 2.20. The largest absolute Gasteiger partial charge is 0.416 e. The van der Waals surface area contributed by atoms with Gasteiger partial charge in [0.1, 0.15) is 0 Å². The molecule has 0 bridgehead atoms. The second-order valence-electron chi connectivity index (χ2n) is 5.05. The van der Waals surface area contributed by atoms with Crippen LogP contribution in [-0.4, -0.2) is 5.11 Å². The van der Waals surface area contributed by atoms with Crippen LogP contribution < -0.4 is 0 Å². The zero-order chi connectivity index (χ0) is 14.3. The van der Waals surface area contributed by atoms with E-state index in [2.05, 4.69) is 0 Å². The van der Waals surface area contributed by atoms with Crippen molar-refractivity contribution in [3.05, 3.63) is 70.8 Å². The molecule has 1 N–H and O–H groups in total. The Hall–Kier alpha value is -1.81. The van der Waals surface area contributed by atoms with Crippen LogP contribution in [0.5, 0.6) is 0 Å². The Balaban J connectivity index is 1.95. The molecule has 0 fully saturated rings. The highest BCUT2D eigenvalue weighted by molar-refractivity contribution is 5.44. The molecule has 0 saturated heterocycles. The molecule has 2 aromatic carbocycles. The number of rotatable bonds is 1. The van der Waals surface area contributed by atoms with Gasteiger partial charge in [-0.15, -0.1) is 0 Å². The van der Waals surface area contributed by atoms with Crippen LogP contribution in [0.1, 0.15) is 40.7 Å². The first kappa shape index (κ1) is 13.2. The van der Waals surface area contributed by atoms with Crippen LogP contribution in [0.25, 0.3) is 0 Å². The fraction of sp³-hybridized carbons (Fsp3) is 0.250. The van der Waals surface area contributed by atoms with E-state index in [1.54, 1.807) is 0 Å². The van der Waals surface area contributed by atoms with Gasteiger partial charge in [-0.2, -0.15) is 13.2 Å². The summed E-state index contributed by atoms with van der Waals surface area (Å²) in [5, 5.41) is 10.0. The van der Waals surface area contributed by atoms with Gasteiger partial charge in [-0.1, -0.05) is 36.4 Å². The monoisotopic (exact) mass is 278 g/mol. The van der Waals surface area contributed by atoms with E-state index in [-0.39, 0.29) is 5.92 Å². The highest BCUT2D eigenvalue weighted by atomic mass is 19.4. The van der Waals surface area contributed by atoms with E-state index in [1.807, 2.05) is 24.3 Å². The molecule has 0 unspecified atom stereocenters. The van der Waals surface area contributed by atoms with Gasteiger partial charge in [0, 0.05) is 5.92 Å². The first-order valence-corrected chi connectivity index (χ1v) is 6.41. The van der Waals surface area contributed by atoms with E-state index < -0.39 is 17.8 Å². The van der Waals surface area contributed by atoms with Crippen molar-refractivity contribution in [3.8, 4) is 0 Å². The van der Waals surface area contributed by atoms with E-state index in [0.29, 0.717) is 6.42 Å². The van der Waals surface area contributed by atoms with Crippen LogP contribution in [0.2, 0.25) is 0 Å². The fourth-order valence-electron chi connectivity index (χ4n) is 2.83. The normalized spacial score (nSPS) is 21.8. The molecule has 20 heavy (non-hydrogen) atoms. The lowest BCUT2D eigenvalue weighted by Gasteiger charge is -2.13. The molecule has 104 valence electrons. The topological polar surface area (TPSA) is 20.2 Å². The van der Waals surface area contributed by atoms with Gasteiger partial charge in [-0.05, 0) is 35.2 Å². The fourth-order valence-corrected chi connectivity index (χ4v) is 2.83. The van der Waals surface area contributed by atoms with Crippen molar-refractivity contribution in [2.24, 2.45) is 0 Å². The van der Waals surface area contributed by atoms with Crippen molar-refractivity contribution < 1.29 is 18.3 Å². The molecule has 0 aliphatic heterocycles. The van der Waals surface area contributed by atoms with Crippen molar-refractivity contribution in [1.29, 1.82) is 0 Å². The number of aliphatic hydroxyl groups excluding tert-OH is 1. The first-order chi connectivity index (χ1) is 9.47. The van der Waals surface area contributed by atoms with Crippen LogP contribution >= 0.6 is 0 Å². The van der Waals surface area contributed by atoms with Crippen LogP contribution in [0.3, 0.4) is 0 Å². The van der Waals surface area contributed by atoms with E-state index in [9.17, 15) is 18.3 Å². The highest BCUT2D eigenvalue weighted by Gasteiger charge is 2.32. The Morgan fingerprint density at radius 2 is 1.50 bits per heavy atom. The van der Waals surface area contributed by atoms with Gasteiger partial charge in [0.05, 0.1) is 11.7 Å². The summed E-state index contributed by atoms with van der Waals surface area (Å²) < 4.78 is 37.7. The van der Waals surface area contributed by atoms with Crippen molar-refractivity contribution in [1.82, 2.24) is 0 Å². The maximum atomic E-state index is 12.6. The average Bonchev–Trinajstić information content (AvgIpc) is 2.76. The van der Waals surface area contributed by atoms with E-state index in [0.717, 1.165) is 28.8 Å². The number of aliphatic hydroxyl groups is 1. The van der Waals surface area contributed by atoms with Gasteiger partial charge in [-0.3, -0.25) is 0 Å². The van der Waals surface area contributed by atoms with Gasteiger partial charge >= 0.3 is 6.18 Å². The summed E-state index contributed by atoms with van der Waals surface area (Å²) >= 11 is 0. The van der Waals surface area contributed by atoms with Crippen molar-refractivity contribution >= 4 is 0 Å². The Bertz CT molecular complexity index is 616. The standard InChI is InChI=1S/C16H13F3O/c17-16(18,19)11-7-5-10(6-8-11)14-9-15(20)13-4-2-1-3-12(13)14/h1-8,14-15,20H,9H2/t14-,15-/m0/s1. The minimum absolute atomic E-state index is 0.0384. The first-order valence-electron chi connectivity index (χ1n) is 6.41. The Kier molecular flexibility index (Phi) is 3.05. The van der Waals surface area contributed by atoms with Crippen molar-refractivity contribution in [3.63, 3.8) is 0 Å². The Morgan fingerprint density at radius 1 is 0.900 bits per heavy atom. The van der Waals surface area contributed by atoms with Gasteiger partial charge in [0.15, 0.2) is 0 Å². The lowest BCUT2D eigenvalue weighted by Crippen LogP contribution is -2.05. The second-order valence-corrected chi connectivity index (χ2v) is 5.05. The molecule has 0 spiro atoms. The predicted molar refractivity (Wildman–Crippen MR) is 69.3 cm³/mol. The number of benzene rings is 2. The molecule has 0 aromatic heterocycles. The van der Waals surface area contributed by atoms with Crippen LogP contribution in [0.15, 0.2) is 48.5 Å². The number of hydrogen-bond acceptors (Lipinski definition) is 1. The molecule has 0 radical (unpaired) electrons. The van der Waals surface area contributed by atoms with E-state index in [4.69, 9.17) is 0 Å². The summed E-state index contributed by atoms with van der Waals surface area (Å²) in [5.74, 6) is -0.0384. The molecule has 0 amide bonds. The van der Waals surface area contributed by atoms with Crippen LogP contribution in [0, 0.1) is 0 Å². The molecular weight excluding hydrogens is 265 g/mol. The summed E-state index contributed by atoms with van der Waals surface area (Å²) in [5.41, 5.74) is 2.03. The second kappa shape index (κ2) is 4.63. The number of alkyl halides is 3. The molecule has 1 aliphatic carbocycles. The highest BCUT2D eigenvalue weighted by Crippen LogP contribution is 2.44. The SMILES string of the molecule is O[C@H]1C[C@@H](c2ccc(C(F)(F)F)cc2)c2ccccc21. The van der Waals surface area contributed by atoms with Gasteiger partial charge < -0.3 is 5.11 Å². The maximum absolute atomic E-state index is 12.6. The lowest BCUT2D eigenvalue weighted by atomic mass is 9.92. The third-order valence-corrected chi connectivity index (χ3v) is 3.83. The molecule has 3 rings (SSSR count). The minimum atomic E-state index is -4.31. The smallest absolute Gasteiger partial charge is 0.388 e. The Morgan fingerprint density at radius 3 is 2.10 bits per heavy atom. The molecule has 0 saturated carbocycles. The van der Waals surface area contributed by atoms with E-state index in [1.165, 1.54) is 12.1 Å². The zero-order valence-corrected chi connectivity index (χ0v) is 10.6. The van der Waals surface area contributed by atoms with Gasteiger partial charge in [0.2, 0.25) is 0 Å². The third-order valence-electron chi connectivity index (χ3n) is 3.83. The Labute approximate surface area is 114 Å². The van der Waals surface area contributed by atoms with Crippen LogP contribution in [-0.2, 0) is 6.18 Å². The van der Waals surface area contributed by atoms with Gasteiger partial charge in [0.25, 0.3) is 0 Å². The lowest BCUT2D eigenvalue weighted by molar-refractivity contribution is -0.137. The molecule has 2 aromatic rings. The summed E-state index contributed by atoms with van der Waals surface area (Å²) in [6.45, 7) is 0. The molecule has 0 heterocycles. The van der Waals surface area contributed by atoms with Crippen molar-refractivity contribution in [2.45, 2.75) is 24.6 Å². The summed E-state index contributed by atoms with van der Waals surface area (Å²) in [6.07, 6.45) is -4.34. The van der Waals surface area contributed by atoms with E-state index >= 15 is 0 Å². The minimum Gasteiger partial charge on any atom is -0.388 e. The summed E-state index contributed by atoms with van der Waals surface area (Å²) in [7, 11) is 0. The average molecular weight is 278 g/mol. The quantitative estimate of drug-likeness (QED) is 0.825. The number of fused-ring (bicyclic) bond motifs is 1.